The predicted molar refractivity (Wildman–Crippen MR) is 47.5 cm³/mol. The van der Waals surface area contributed by atoms with Crippen molar-refractivity contribution in [3.05, 3.63) is 12.5 Å². The molecule has 1 aromatic heterocycles. The summed E-state index contributed by atoms with van der Waals surface area (Å²) in [6.07, 6.45) is 2.92. The molecule has 0 fully saturated rings. The van der Waals surface area contributed by atoms with Crippen molar-refractivity contribution in [3.63, 3.8) is 0 Å². The van der Waals surface area contributed by atoms with Gasteiger partial charge in [0.25, 0.3) is 5.22 Å². The first-order valence-electron chi connectivity index (χ1n) is 3.57. The fourth-order valence-corrected chi connectivity index (χ4v) is 1.36. The first kappa shape index (κ1) is 10.1. The quantitative estimate of drug-likeness (QED) is 0.694. The van der Waals surface area contributed by atoms with Crippen LogP contribution >= 0.6 is 11.8 Å². The molecule has 0 aliphatic carbocycles. The van der Waals surface area contributed by atoms with Gasteiger partial charge >= 0.3 is 5.97 Å². The molecule has 72 valence electrons. The molecule has 13 heavy (non-hydrogen) atoms. The van der Waals surface area contributed by atoms with Gasteiger partial charge in [-0.25, -0.2) is 4.98 Å². The average molecular weight is 202 g/mol. The van der Waals surface area contributed by atoms with Gasteiger partial charge in [0.1, 0.15) is 11.8 Å². The normalized spacial score (nSPS) is 15.2. The van der Waals surface area contributed by atoms with E-state index in [1.54, 1.807) is 0 Å². The highest BCUT2D eigenvalue weighted by atomic mass is 32.2. The number of hydrogen-bond acceptors (Lipinski definition) is 5. The number of carbonyl (C=O) groups is 1. The Bertz CT molecular complexity index is 284. The van der Waals surface area contributed by atoms with E-state index in [0.29, 0.717) is 5.22 Å². The van der Waals surface area contributed by atoms with Crippen molar-refractivity contribution < 1.29 is 14.3 Å². The number of carboxylic acid groups (broad SMARTS) is 1. The van der Waals surface area contributed by atoms with E-state index in [1.807, 2.05) is 0 Å². The van der Waals surface area contributed by atoms with Crippen molar-refractivity contribution in [2.24, 2.45) is 5.73 Å². The zero-order chi connectivity index (χ0) is 9.90. The number of aromatic nitrogens is 1. The molecule has 6 heteroatoms. The topological polar surface area (TPSA) is 89.4 Å². The lowest BCUT2D eigenvalue weighted by molar-refractivity contribution is -0.141. The van der Waals surface area contributed by atoms with E-state index in [1.165, 1.54) is 31.1 Å². The number of aliphatic carboxylic acids is 1. The smallest absolute Gasteiger partial charge is 0.324 e. The summed E-state index contributed by atoms with van der Waals surface area (Å²) in [5, 5.41) is 9.11. The van der Waals surface area contributed by atoms with E-state index < -0.39 is 11.5 Å². The number of hydrogen-bond donors (Lipinski definition) is 2. The number of carboxylic acids is 1. The fraction of sp³-hybridized carbons (Fsp3) is 0.429. The SMILES string of the molecule is CC(N)(CSc1ncco1)C(=O)O. The Kier molecular flexibility index (Phi) is 2.94. The summed E-state index contributed by atoms with van der Waals surface area (Å²) in [7, 11) is 0. The predicted octanol–water partition coefficient (Wildman–Crippen LogP) is 0.569. The fourth-order valence-electron chi connectivity index (χ4n) is 0.555. The Morgan fingerprint density at radius 1 is 1.92 bits per heavy atom. The Morgan fingerprint density at radius 3 is 3.08 bits per heavy atom. The van der Waals surface area contributed by atoms with Crippen LogP contribution in [-0.4, -0.2) is 27.4 Å². The highest BCUT2D eigenvalue weighted by molar-refractivity contribution is 7.99. The van der Waals surface area contributed by atoms with E-state index in [2.05, 4.69) is 4.98 Å². The molecule has 0 radical (unpaired) electrons. The van der Waals surface area contributed by atoms with E-state index in [9.17, 15) is 4.79 Å². The first-order valence-corrected chi connectivity index (χ1v) is 4.55. The summed E-state index contributed by atoms with van der Waals surface area (Å²) < 4.78 is 4.91. The first-order chi connectivity index (χ1) is 6.02. The van der Waals surface area contributed by atoms with Gasteiger partial charge < -0.3 is 15.3 Å². The van der Waals surface area contributed by atoms with Crippen molar-refractivity contribution >= 4 is 17.7 Å². The molecule has 0 bridgehead atoms. The molecule has 0 spiro atoms. The van der Waals surface area contributed by atoms with Crippen LogP contribution < -0.4 is 5.73 Å². The second-order valence-corrected chi connectivity index (χ2v) is 3.74. The van der Waals surface area contributed by atoms with Gasteiger partial charge in [0.2, 0.25) is 0 Å². The molecule has 0 saturated heterocycles. The van der Waals surface area contributed by atoms with Crippen molar-refractivity contribution in [3.8, 4) is 0 Å². The van der Waals surface area contributed by atoms with E-state index in [-0.39, 0.29) is 5.75 Å². The molecule has 1 unspecified atom stereocenters. The zero-order valence-corrected chi connectivity index (χ0v) is 7.87. The lowest BCUT2D eigenvalue weighted by Crippen LogP contribution is -2.47. The van der Waals surface area contributed by atoms with Crippen molar-refractivity contribution in [1.82, 2.24) is 4.98 Å². The molecule has 1 aromatic rings. The van der Waals surface area contributed by atoms with Gasteiger partial charge in [-0.1, -0.05) is 11.8 Å². The summed E-state index contributed by atoms with van der Waals surface area (Å²) in [5.74, 6) is -0.811. The molecule has 0 aromatic carbocycles. The molecule has 1 heterocycles. The highest BCUT2D eigenvalue weighted by Gasteiger charge is 2.28. The molecule has 0 aliphatic heterocycles. The minimum atomic E-state index is -1.25. The Balaban J connectivity index is 2.47. The van der Waals surface area contributed by atoms with E-state index in [0.717, 1.165) is 0 Å². The second kappa shape index (κ2) is 3.80. The maximum atomic E-state index is 10.6. The van der Waals surface area contributed by atoms with E-state index in [4.69, 9.17) is 15.3 Å². The van der Waals surface area contributed by atoms with Gasteiger partial charge in [0.15, 0.2) is 0 Å². The van der Waals surface area contributed by atoms with Crippen LogP contribution in [0.4, 0.5) is 0 Å². The number of nitrogens with zero attached hydrogens (tertiary/aromatic N) is 1. The highest BCUT2D eigenvalue weighted by Crippen LogP contribution is 2.19. The van der Waals surface area contributed by atoms with Crippen LogP contribution in [0.25, 0.3) is 0 Å². The third-order valence-corrected chi connectivity index (χ3v) is 2.59. The monoisotopic (exact) mass is 202 g/mol. The number of nitrogens with two attached hydrogens (primary N) is 1. The lowest BCUT2D eigenvalue weighted by Gasteiger charge is -2.16. The maximum Gasteiger partial charge on any atom is 0.324 e. The molecule has 0 saturated carbocycles. The third-order valence-electron chi connectivity index (χ3n) is 1.39. The summed E-state index contributed by atoms with van der Waals surface area (Å²) in [6.45, 7) is 1.45. The second-order valence-electron chi connectivity index (χ2n) is 2.81. The van der Waals surface area contributed by atoms with Gasteiger partial charge in [-0.2, -0.15) is 0 Å². The Hall–Kier alpha value is -1.01. The summed E-state index contributed by atoms with van der Waals surface area (Å²) in [5.41, 5.74) is 4.24. The Morgan fingerprint density at radius 2 is 2.62 bits per heavy atom. The van der Waals surface area contributed by atoms with Gasteiger partial charge in [-0.15, -0.1) is 0 Å². The number of rotatable bonds is 4. The average Bonchev–Trinajstić information content (AvgIpc) is 2.52. The van der Waals surface area contributed by atoms with Crippen LogP contribution in [0.15, 0.2) is 22.1 Å². The molecule has 0 amide bonds. The van der Waals surface area contributed by atoms with Crippen molar-refractivity contribution in [2.45, 2.75) is 17.7 Å². The van der Waals surface area contributed by atoms with Gasteiger partial charge in [-0.05, 0) is 6.92 Å². The molecule has 1 rings (SSSR count). The van der Waals surface area contributed by atoms with Crippen LogP contribution in [0.5, 0.6) is 0 Å². The molecule has 0 aliphatic rings. The molecule has 5 nitrogen and oxygen atoms in total. The minimum Gasteiger partial charge on any atom is -0.480 e. The van der Waals surface area contributed by atoms with Crippen LogP contribution in [0.1, 0.15) is 6.92 Å². The third kappa shape index (κ3) is 2.74. The number of thioether (sulfide) groups is 1. The van der Waals surface area contributed by atoms with Crippen LogP contribution in [0.3, 0.4) is 0 Å². The largest absolute Gasteiger partial charge is 0.480 e. The van der Waals surface area contributed by atoms with Gasteiger partial charge in [0.05, 0.1) is 6.20 Å². The Labute approximate surface area is 79.3 Å². The molecular formula is C7H10N2O3S. The molecule has 1 atom stereocenters. The van der Waals surface area contributed by atoms with E-state index >= 15 is 0 Å². The minimum absolute atomic E-state index is 0.225. The molecular weight excluding hydrogens is 192 g/mol. The van der Waals surface area contributed by atoms with Gasteiger partial charge in [0, 0.05) is 5.75 Å². The lowest BCUT2D eigenvalue weighted by atomic mass is 10.1. The molecule has 3 N–H and O–H groups in total. The summed E-state index contributed by atoms with van der Waals surface area (Å²) >= 11 is 1.18. The maximum absolute atomic E-state index is 10.6. The van der Waals surface area contributed by atoms with Gasteiger partial charge in [-0.3, -0.25) is 4.79 Å². The number of oxazole rings is 1. The summed E-state index contributed by atoms with van der Waals surface area (Å²) in [4.78, 5) is 14.4. The van der Waals surface area contributed by atoms with Crippen molar-refractivity contribution in [1.29, 1.82) is 0 Å². The van der Waals surface area contributed by atoms with Crippen molar-refractivity contribution in [2.75, 3.05) is 5.75 Å². The standard InChI is InChI=1S/C7H10N2O3S/c1-7(8,5(10)11)4-13-6-9-2-3-12-6/h2-3H,4,8H2,1H3,(H,10,11). The summed E-state index contributed by atoms with van der Waals surface area (Å²) in [6, 6.07) is 0. The van der Waals surface area contributed by atoms with Crippen LogP contribution in [0.2, 0.25) is 0 Å². The zero-order valence-electron chi connectivity index (χ0n) is 7.06. The van der Waals surface area contributed by atoms with Crippen LogP contribution in [0, 0.1) is 0 Å². The van der Waals surface area contributed by atoms with Crippen LogP contribution in [-0.2, 0) is 4.79 Å².